The van der Waals surface area contributed by atoms with Crippen LogP contribution in [-0.2, 0) is 24.2 Å². The standard InChI is InChI=1S/C25H37NO4/c26-20-25(29,15-13-22-11-12-24(28)23(18-22)19-27)14-5-7-17-30-16-6-4-10-21-8-2-1-3-9-21/h1-3,8-9,11-12,18,27-29H,4-7,10,13-17,19-20,26H2. The molecule has 2 rings (SSSR count). The maximum absolute atomic E-state index is 10.8. The van der Waals surface area contributed by atoms with E-state index in [1.165, 1.54) is 5.56 Å². The number of hydrogen-bond acceptors (Lipinski definition) is 5. The molecule has 2 aromatic rings. The lowest BCUT2D eigenvalue weighted by atomic mass is 9.89. The molecule has 166 valence electrons. The van der Waals surface area contributed by atoms with E-state index in [4.69, 9.17) is 10.5 Å². The molecular weight excluding hydrogens is 378 g/mol. The van der Waals surface area contributed by atoms with E-state index in [-0.39, 0.29) is 18.9 Å². The van der Waals surface area contributed by atoms with E-state index in [1.807, 2.05) is 12.1 Å². The SMILES string of the molecule is NCC(O)(CCCCOCCCCc1ccccc1)CCc1ccc(O)c(CO)c1. The van der Waals surface area contributed by atoms with Gasteiger partial charge in [0.15, 0.2) is 0 Å². The number of aliphatic hydroxyl groups excluding tert-OH is 1. The number of unbranched alkanes of at least 4 members (excludes halogenated alkanes) is 2. The number of nitrogens with two attached hydrogens (primary N) is 1. The van der Waals surface area contributed by atoms with Crippen molar-refractivity contribution in [3.05, 3.63) is 65.2 Å². The lowest BCUT2D eigenvalue weighted by molar-refractivity contribution is 0.0265. The predicted octanol–water partition coefficient (Wildman–Crippen LogP) is 3.72. The van der Waals surface area contributed by atoms with E-state index in [2.05, 4.69) is 24.3 Å². The Morgan fingerprint density at radius 1 is 0.833 bits per heavy atom. The van der Waals surface area contributed by atoms with Gasteiger partial charge in [-0.05, 0) is 74.6 Å². The van der Waals surface area contributed by atoms with Gasteiger partial charge in [0.1, 0.15) is 5.75 Å². The van der Waals surface area contributed by atoms with Gasteiger partial charge in [-0.3, -0.25) is 0 Å². The van der Waals surface area contributed by atoms with E-state index < -0.39 is 5.60 Å². The molecule has 2 aromatic carbocycles. The summed E-state index contributed by atoms with van der Waals surface area (Å²) in [5.41, 5.74) is 7.79. The zero-order valence-electron chi connectivity index (χ0n) is 17.9. The monoisotopic (exact) mass is 415 g/mol. The van der Waals surface area contributed by atoms with Gasteiger partial charge >= 0.3 is 0 Å². The topological polar surface area (TPSA) is 95.9 Å². The summed E-state index contributed by atoms with van der Waals surface area (Å²) in [6, 6.07) is 15.7. The van der Waals surface area contributed by atoms with Crippen molar-refractivity contribution in [3.8, 4) is 5.75 Å². The van der Waals surface area contributed by atoms with Crippen LogP contribution >= 0.6 is 0 Å². The molecular formula is C25H37NO4. The lowest BCUT2D eigenvalue weighted by Gasteiger charge is -2.26. The summed E-state index contributed by atoms with van der Waals surface area (Å²) >= 11 is 0. The highest BCUT2D eigenvalue weighted by Crippen LogP contribution is 2.23. The highest BCUT2D eigenvalue weighted by atomic mass is 16.5. The molecule has 0 bridgehead atoms. The van der Waals surface area contributed by atoms with E-state index in [0.717, 1.165) is 44.3 Å². The van der Waals surface area contributed by atoms with Crippen LogP contribution in [0.25, 0.3) is 0 Å². The summed E-state index contributed by atoms with van der Waals surface area (Å²) in [7, 11) is 0. The highest BCUT2D eigenvalue weighted by Gasteiger charge is 2.24. The zero-order valence-corrected chi connectivity index (χ0v) is 17.9. The van der Waals surface area contributed by atoms with Crippen LogP contribution in [0.1, 0.15) is 55.2 Å². The predicted molar refractivity (Wildman–Crippen MR) is 120 cm³/mol. The number of aliphatic hydroxyl groups is 2. The quantitative estimate of drug-likeness (QED) is 0.333. The summed E-state index contributed by atoms with van der Waals surface area (Å²) in [6.07, 6.45) is 6.92. The van der Waals surface area contributed by atoms with Gasteiger partial charge in [0.25, 0.3) is 0 Å². The normalized spacial score (nSPS) is 13.3. The van der Waals surface area contributed by atoms with E-state index in [1.54, 1.807) is 12.1 Å². The Morgan fingerprint density at radius 2 is 1.57 bits per heavy atom. The molecule has 0 amide bonds. The fourth-order valence-corrected chi connectivity index (χ4v) is 3.57. The van der Waals surface area contributed by atoms with Gasteiger partial charge in [-0.1, -0.05) is 36.4 Å². The van der Waals surface area contributed by atoms with Gasteiger partial charge in [0.2, 0.25) is 0 Å². The van der Waals surface area contributed by atoms with Gasteiger partial charge < -0.3 is 25.8 Å². The lowest BCUT2D eigenvalue weighted by Crippen LogP contribution is -2.38. The summed E-state index contributed by atoms with van der Waals surface area (Å²) < 4.78 is 5.73. The van der Waals surface area contributed by atoms with Crippen molar-refractivity contribution in [1.82, 2.24) is 0 Å². The van der Waals surface area contributed by atoms with Crippen molar-refractivity contribution in [1.29, 1.82) is 0 Å². The Labute approximate surface area is 180 Å². The molecule has 0 fully saturated rings. The van der Waals surface area contributed by atoms with Crippen LogP contribution in [0.2, 0.25) is 0 Å². The average molecular weight is 416 g/mol. The first-order valence-corrected chi connectivity index (χ1v) is 11.0. The molecule has 30 heavy (non-hydrogen) atoms. The number of ether oxygens (including phenoxy) is 1. The molecule has 0 aliphatic rings. The van der Waals surface area contributed by atoms with Gasteiger partial charge in [0, 0.05) is 25.3 Å². The van der Waals surface area contributed by atoms with Crippen molar-refractivity contribution >= 4 is 0 Å². The van der Waals surface area contributed by atoms with Crippen LogP contribution in [0.3, 0.4) is 0 Å². The van der Waals surface area contributed by atoms with Crippen LogP contribution < -0.4 is 5.73 Å². The smallest absolute Gasteiger partial charge is 0.121 e. The number of phenols is 1. The molecule has 0 aliphatic heterocycles. The molecule has 0 aromatic heterocycles. The second-order valence-corrected chi connectivity index (χ2v) is 8.06. The van der Waals surface area contributed by atoms with E-state index in [0.29, 0.717) is 31.4 Å². The van der Waals surface area contributed by atoms with Crippen molar-refractivity contribution in [3.63, 3.8) is 0 Å². The molecule has 5 nitrogen and oxygen atoms in total. The largest absolute Gasteiger partial charge is 0.508 e. The highest BCUT2D eigenvalue weighted by molar-refractivity contribution is 5.35. The van der Waals surface area contributed by atoms with Gasteiger partial charge in [0.05, 0.1) is 12.2 Å². The van der Waals surface area contributed by atoms with Crippen molar-refractivity contribution in [2.24, 2.45) is 5.73 Å². The first-order chi connectivity index (χ1) is 14.6. The Morgan fingerprint density at radius 3 is 2.27 bits per heavy atom. The van der Waals surface area contributed by atoms with Gasteiger partial charge in [-0.15, -0.1) is 0 Å². The Bertz CT molecular complexity index is 722. The molecule has 0 radical (unpaired) electrons. The molecule has 5 N–H and O–H groups in total. The molecule has 5 heteroatoms. The third-order valence-corrected chi connectivity index (χ3v) is 5.60. The van der Waals surface area contributed by atoms with Crippen LogP contribution in [-0.4, -0.2) is 40.7 Å². The third kappa shape index (κ3) is 8.84. The van der Waals surface area contributed by atoms with Crippen LogP contribution in [0.5, 0.6) is 5.75 Å². The van der Waals surface area contributed by atoms with Gasteiger partial charge in [-0.25, -0.2) is 0 Å². The zero-order chi connectivity index (χ0) is 21.7. The molecule has 1 unspecified atom stereocenters. The van der Waals surface area contributed by atoms with Gasteiger partial charge in [-0.2, -0.15) is 0 Å². The molecule has 0 aliphatic carbocycles. The maximum Gasteiger partial charge on any atom is 0.121 e. The summed E-state index contributed by atoms with van der Waals surface area (Å²) in [4.78, 5) is 0. The molecule has 0 saturated carbocycles. The molecule has 0 saturated heterocycles. The Hall–Kier alpha value is -1.92. The van der Waals surface area contributed by atoms with Crippen molar-refractivity contribution < 1.29 is 20.1 Å². The minimum atomic E-state index is -0.896. The number of aryl methyl sites for hydroxylation is 2. The average Bonchev–Trinajstić information content (AvgIpc) is 2.78. The summed E-state index contributed by atoms with van der Waals surface area (Å²) in [5, 5.41) is 29.7. The van der Waals surface area contributed by atoms with Crippen LogP contribution in [0.15, 0.2) is 48.5 Å². The second-order valence-electron chi connectivity index (χ2n) is 8.06. The second kappa shape index (κ2) is 13.4. The minimum Gasteiger partial charge on any atom is -0.508 e. The molecule has 0 spiro atoms. The minimum absolute atomic E-state index is 0.0930. The maximum atomic E-state index is 10.8. The first kappa shape index (κ1) is 24.4. The first-order valence-electron chi connectivity index (χ1n) is 11.0. The van der Waals surface area contributed by atoms with Crippen molar-refractivity contribution in [2.75, 3.05) is 19.8 Å². The third-order valence-electron chi connectivity index (χ3n) is 5.60. The molecule has 0 heterocycles. The number of hydrogen-bond donors (Lipinski definition) is 4. The Kier molecular flexibility index (Phi) is 10.9. The van der Waals surface area contributed by atoms with Crippen molar-refractivity contribution in [2.45, 2.75) is 63.6 Å². The fourth-order valence-electron chi connectivity index (χ4n) is 3.57. The Balaban J connectivity index is 1.56. The van der Waals surface area contributed by atoms with Crippen LogP contribution in [0.4, 0.5) is 0 Å². The van der Waals surface area contributed by atoms with E-state index in [9.17, 15) is 15.3 Å². The number of benzene rings is 2. The number of rotatable bonds is 15. The van der Waals surface area contributed by atoms with Crippen LogP contribution in [0, 0.1) is 0 Å². The summed E-state index contributed by atoms with van der Waals surface area (Å²) in [5.74, 6) is 0.0930. The fraction of sp³-hybridized carbons (Fsp3) is 0.520. The summed E-state index contributed by atoms with van der Waals surface area (Å²) in [6.45, 7) is 1.51. The molecule has 1 atom stereocenters. The number of aromatic hydroxyl groups is 1. The van der Waals surface area contributed by atoms with E-state index >= 15 is 0 Å².